The minimum atomic E-state index is -0.623. The molecule has 1 heterocycles. The number of phenols is 1. The Balaban J connectivity index is 2.23. The van der Waals surface area contributed by atoms with E-state index in [1.807, 2.05) is 19.1 Å². The Hall–Kier alpha value is -2.49. The minimum Gasteiger partial charge on any atom is -0.505 e. The van der Waals surface area contributed by atoms with Gasteiger partial charge in [0, 0.05) is 12.4 Å². The zero-order chi connectivity index (χ0) is 13.4. The average Bonchev–Trinajstić information content (AvgIpc) is 2.41. The van der Waals surface area contributed by atoms with Gasteiger partial charge in [-0.1, -0.05) is 6.07 Å². The van der Waals surface area contributed by atoms with E-state index in [0.717, 1.165) is 27.7 Å². The Kier molecular flexibility index (Phi) is 2.63. The van der Waals surface area contributed by atoms with Crippen LogP contribution in [0.3, 0.4) is 0 Å². The third-order valence-corrected chi connectivity index (χ3v) is 3.07. The lowest BCUT2D eigenvalue weighted by atomic mass is 9.99. The number of fused-ring (bicyclic) bond motifs is 1. The van der Waals surface area contributed by atoms with Gasteiger partial charge in [-0.05, 0) is 47.9 Å². The van der Waals surface area contributed by atoms with Crippen LogP contribution in [0.2, 0.25) is 0 Å². The van der Waals surface area contributed by atoms with Gasteiger partial charge in [-0.2, -0.15) is 0 Å². The van der Waals surface area contributed by atoms with Crippen molar-refractivity contribution in [3.63, 3.8) is 0 Å². The largest absolute Gasteiger partial charge is 0.505 e. The summed E-state index contributed by atoms with van der Waals surface area (Å²) in [6.07, 6.45) is 3.27. The molecule has 0 unspecified atom stereocenters. The highest BCUT2D eigenvalue weighted by molar-refractivity contribution is 5.83. The van der Waals surface area contributed by atoms with E-state index in [0.29, 0.717) is 0 Å². The average molecular weight is 254 g/mol. The maximum Gasteiger partial charge on any atom is 0.164 e. The first-order valence-corrected chi connectivity index (χ1v) is 5.85. The monoisotopic (exact) mass is 254 g/mol. The van der Waals surface area contributed by atoms with E-state index in [1.54, 1.807) is 18.5 Å². The van der Waals surface area contributed by atoms with E-state index in [-0.39, 0.29) is 5.75 Å². The van der Waals surface area contributed by atoms with E-state index in [1.165, 1.54) is 12.1 Å². The van der Waals surface area contributed by atoms with Crippen molar-refractivity contribution in [2.45, 2.75) is 6.92 Å². The predicted octanol–water partition coefficient (Wildman–Crippen LogP) is 3.45. The number of nitrogens with zero attached hydrogens (tertiary/aromatic N) is 2. The molecule has 3 rings (SSSR count). The van der Waals surface area contributed by atoms with E-state index >= 15 is 0 Å². The number of hydrogen-bond donors (Lipinski definition) is 1. The molecule has 1 N–H and O–H groups in total. The van der Waals surface area contributed by atoms with Crippen LogP contribution in [0.15, 0.2) is 42.7 Å². The van der Waals surface area contributed by atoms with Crippen LogP contribution in [0, 0.1) is 12.7 Å². The first kappa shape index (κ1) is 11.6. The molecule has 19 heavy (non-hydrogen) atoms. The van der Waals surface area contributed by atoms with Gasteiger partial charge in [0.15, 0.2) is 11.6 Å². The summed E-state index contributed by atoms with van der Waals surface area (Å²) in [4.78, 5) is 8.49. The number of phenolic OH excluding ortho intramolecular Hbond substituents is 1. The standard InChI is InChI=1S/C15H11FN2O/c1-9-6-13-14(18-5-4-17-13)8-11(9)10-2-3-12(16)15(19)7-10/h2-8,19H,1H3. The van der Waals surface area contributed by atoms with E-state index in [4.69, 9.17) is 0 Å². The van der Waals surface area contributed by atoms with Gasteiger partial charge in [-0.25, -0.2) is 4.39 Å². The zero-order valence-corrected chi connectivity index (χ0v) is 10.3. The van der Waals surface area contributed by atoms with Gasteiger partial charge in [-0.15, -0.1) is 0 Å². The van der Waals surface area contributed by atoms with E-state index in [2.05, 4.69) is 9.97 Å². The van der Waals surface area contributed by atoms with Crippen LogP contribution in [0.5, 0.6) is 5.75 Å². The Morgan fingerprint density at radius 2 is 1.68 bits per heavy atom. The zero-order valence-electron chi connectivity index (χ0n) is 10.3. The molecule has 0 aliphatic rings. The Bertz CT molecular complexity index is 771. The molecule has 1 aromatic heterocycles. The van der Waals surface area contributed by atoms with Crippen molar-refractivity contribution in [2.24, 2.45) is 0 Å². The third kappa shape index (κ3) is 2.01. The van der Waals surface area contributed by atoms with Gasteiger partial charge in [0.2, 0.25) is 0 Å². The number of aromatic nitrogens is 2. The molecule has 4 heteroatoms. The van der Waals surface area contributed by atoms with Crippen LogP contribution >= 0.6 is 0 Å². The van der Waals surface area contributed by atoms with Crippen molar-refractivity contribution < 1.29 is 9.50 Å². The summed E-state index contributed by atoms with van der Waals surface area (Å²) in [6, 6.07) is 8.13. The fourth-order valence-electron chi connectivity index (χ4n) is 2.11. The van der Waals surface area contributed by atoms with Crippen molar-refractivity contribution in [3.8, 4) is 16.9 Å². The molecule has 0 saturated carbocycles. The predicted molar refractivity (Wildman–Crippen MR) is 71.3 cm³/mol. The topological polar surface area (TPSA) is 46.0 Å². The molecule has 0 saturated heterocycles. The first-order chi connectivity index (χ1) is 9.15. The van der Waals surface area contributed by atoms with Gasteiger partial charge in [0.1, 0.15) is 0 Å². The van der Waals surface area contributed by atoms with Gasteiger partial charge >= 0.3 is 0 Å². The molecule has 0 amide bonds. The van der Waals surface area contributed by atoms with Crippen LogP contribution in [0.4, 0.5) is 4.39 Å². The molecule has 0 aliphatic heterocycles. The van der Waals surface area contributed by atoms with E-state index in [9.17, 15) is 9.50 Å². The fraction of sp³-hybridized carbons (Fsp3) is 0.0667. The number of benzene rings is 2. The normalized spacial score (nSPS) is 10.8. The molecule has 0 radical (unpaired) electrons. The van der Waals surface area contributed by atoms with Crippen molar-refractivity contribution >= 4 is 11.0 Å². The summed E-state index contributed by atoms with van der Waals surface area (Å²) in [5.41, 5.74) is 4.24. The molecule has 0 atom stereocenters. The lowest BCUT2D eigenvalue weighted by molar-refractivity contribution is 0.433. The van der Waals surface area contributed by atoms with Gasteiger partial charge in [-0.3, -0.25) is 9.97 Å². The number of halogens is 1. The maximum atomic E-state index is 13.1. The third-order valence-electron chi connectivity index (χ3n) is 3.07. The fourth-order valence-corrected chi connectivity index (χ4v) is 2.11. The highest BCUT2D eigenvalue weighted by Crippen LogP contribution is 2.30. The molecule has 0 aliphatic carbocycles. The lowest BCUT2D eigenvalue weighted by Crippen LogP contribution is -1.89. The summed E-state index contributed by atoms with van der Waals surface area (Å²) in [6.45, 7) is 1.95. The summed E-state index contributed by atoms with van der Waals surface area (Å²) in [5, 5.41) is 9.46. The second-order valence-electron chi connectivity index (χ2n) is 4.38. The van der Waals surface area contributed by atoms with Crippen molar-refractivity contribution in [1.82, 2.24) is 9.97 Å². The minimum absolute atomic E-state index is 0.351. The van der Waals surface area contributed by atoms with Crippen molar-refractivity contribution in [1.29, 1.82) is 0 Å². The van der Waals surface area contributed by atoms with Crippen LogP contribution < -0.4 is 0 Å². The molecule has 2 aromatic carbocycles. The van der Waals surface area contributed by atoms with Gasteiger partial charge in [0.25, 0.3) is 0 Å². The number of aromatic hydroxyl groups is 1. The highest BCUT2D eigenvalue weighted by Gasteiger charge is 2.08. The second-order valence-corrected chi connectivity index (χ2v) is 4.38. The quantitative estimate of drug-likeness (QED) is 0.723. The van der Waals surface area contributed by atoms with Gasteiger partial charge < -0.3 is 5.11 Å². The van der Waals surface area contributed by atoms with E-state index < -0.39 is 5.82 Å². The Morgan fingerprint density at radius 1 is 1.00 bits per heavy atom. The van der Waals surface area contributed by atoms with Crippen LogP contribution in [-0.4, -0.2) is 15.1 Å². The summed E-state index contributed by atoms with van der Waals surface area (Å²) < 4.78 is 13.1. The van der Waals surface area contributed by atoms with Crippen molar-refractivity contribution in [2.75, 3.05) is 0 Å². The van der Waals surface area contributed by atoms with Crippen LogP contribution in [-0.2, 0) is 0 Å². The molecule has 0 fully saturated rings. The molecule has 94 valence electrons. The second kappa shape index (κ2) is 4.31. The first-order valence-electron chi connectivity index (χ1n) is 5.85. The number of rotatable bonds is 1. The lowest BCUT2D eigenvalue weighted by Gasteiger charge is -2.08. The van der Waals surface area contributed by atoms with Crippen molar-refractivity contribution in [3.05, 3.63) is 54.1 Å². The summed E-state index contributed by atoms with van der Waals surface area (Å²) in [5.74, 6) is -0.974. The van der Waals surface area contributed by atoms with Crippen LogP contribution in [0.1, 0.15) is 5.56 Å². The SMILES string of the molecule is Cc1cc2nccnc2cc1-c1ccc(F)c(O)c1. The maximum absolute atomic E-state index is 13.1. The van der Waals surface area contributed by atoms with Crippen LogP contribution in [0.25, 0.3) is 22.2 Å². The molecule has 0 bridgehead atoms. The number of hydrogen-bond acceptors (Lipinski definition) is 3. The molecule has 0 spiro atoms. The number of aryl methyl sites for hydroxylation is 1. The summed E-state index contributed by atoms with van der Waals surface area (Å²) >= 11 is 0. The molecule has 3 aromatic rings. The Labute approximate surface area is 109 Å². The van der Waals surface area contributed by atoms with Gasteiger partial charge in [0.05, 0.1) is 11.0 Å². The summed E-state index contributed by atoms with van der Waals surface area (Å²) in [7, 11) is 0. The molecular weight excluding hydrogens is 243 g/mol. The molecular formula is C15H11FN2O. The molecule has 3 nitrogen and oxygen atoms in total. The smallest absolute Gasteiger partial charge is 0.164 e. The Morgan fingerprint density at radius 3 is 2.37 bits per heavy atom. The highest BCUT2D eigenvalue weighted by atomic mass is 19.1.